The van der Waals surface area contributed by atoms with E-state index in [1.54, 1.807) is 0 Å². The zero-order chi connectivity index (χ0) is 22.2. The Balaban J connectivity index is 4.58. The maximum Gasteiger partial charge on any atom is 0.490 e. The molecule has 0 heterocycles. The quantitative estimate of drug-likeness (QED) is 0.308. The molecule has 164 valence electrons. The first-order valence-electron chi connectivity index (χ1n) is 6.99. The van der Waals surface area contributed by atoms with Crippen LogP contribution in [0.1, 0.15) is 0 Å². The zero-order valence-electron chi connectivity index (χ0n) is 13.5. The summed E-state index contributed by atoms with van der Waals surface area (Å²) in [6, 6.07) is 0. The first-order chi connectivity index (χ1) is 12.5. The molecule has 0 N–H and O–H groups in total. The van der Waals surface area contributed by atoms with Gasteiger partial charge < -0.3 is 14.2 Å². The molecule has 0 radical (unpaired) electrons. The van der Waals surface area contributed by atoms with E-state index in [2.05, 4.69) is 14.2 Å². The van der Waals surface area contributed by atoms with Gasteiger partial charge in [-0.1, -0.05) is 0 Å². The van der Waals surface area contributed by atoms with Crippen LogP contribution in [0.4, 0.5) is 39.5 Å². The third kappa shape index (κ3) is 10.8. The van der Waals surface area contributed by atoms with Crippen molar-refractivity contribution in [3.05, 3.63) is 0 Å². The summed E-state index contributed by atoms with van der Waals surface area (Å²) in [5.74, 6) is -7.71. The molecule has 0 bridgehead atoms. The van der Waals surface area contributed by atoms with E-state index in [0.717, 1.165) is 4.90 Å². The van der Waals surface area contributed by atoms with Crippen LogP contribution >= 0.6 is 0 Å². The smallest absolute Gasteiger partial charge is 0.458 e. The molecule has 0 aliphatic carbocycles. The van der Waals surface area contributed by atoms with Gasteiger partial charge in [-0.3, -0.25) is 4.90 Å². The normalized spacial score (nSPS) is 12.6. The van der Waals surface area contributed by atoms with Gasteiger partial charge in [0.15, 0.2) is 0 Å². The molecule has 0 rings (SSSR count). The molecule has 0 aromatic rings. The Bertz CT molecular complexity index is 467. The van der Waals surface area contributed by atoms with Crippen molar-refractivity contribution in [3.8, 4) is 0 Å². The summed E-state index contributed by atoms with van der Waals surface area (Å²) in [5, 5.41) is 0. The van der Waals surface area contributed by atoms with Crippen molar-refractivity contribution in [2.45, 2.75) is 18.5 Å². The highest BCUT2D eigenvalue weighted by Gasteiger charge is 2.42. The second-order valence-corrected chi connectivity index (χ2v) is 4.74. The van der Waals surface area contributed by atoms with Crippen molar-refractivity contribution in [3.63, 3.8) is 0 Å². The molecule has 0 unspecified atom stereocenters. The fraction of sp³-hybridized carbons (Fsp3) is 0.750. The van der Waals surface area contributed by atoms with Crippen LogP contribution in [0.2, 0.25) is 0 Å². The highest BCUT2D eigenvalue weighted by Crippen LogP contribution is 2.18. The first kappa shape index (κ1) is 25.7. The number of nitrogens with zero attached hydrogens (tertiary/aromatic N) is 1. The lowest BCUT2D eigenvalue weighted by molar-refractivity contribution is -0.202. The molecule has 0 aromatic carbocycles. The zero-order valence-corrected chi connectivity index (χ0v) is 13.5. The van der Waals surface area contributed by atoms with Crippen LogP contribution in [0.5, 0.6) is 0 Å². The van der Waals surface area contributed by atoms with Crippen molar-refractivity contribution in [2.75, 3.05) is 39.5 Å². The van der Waals surface area contributed by atoms with E-state index in [0.29, 0.717) is 0 Å². The van der Waals surface area contributed by atoms with E-state index < -0.39 is 75.9 Å². The minimum Gasteiger partial charge on any atom is -0.458 e. The molecule has 0 saturated carbocycles. The monoisotopic (exact) mass is 437 g/mol. The number of esters is 3. The molecular formula is C12H12F9NO6. The average Bonchev–Trinajstić information content (AvgIpc) is 2.51. The Morgan fingerprint density at radius 1 is 0.536 bits per heavy atom. The van der Waals surface area contributed by atoms with E-state index in [1.165, 1.54) is 0 Å². The van der Waals surface area contributed by atoms with Gasteiger partial charge in [0, 0.05) is 19.6 Å². The molecule has 0 amide bonds. The van der Waals surface area contributed by atoms with Gasteiger partial charge in [0.2, 0.25) is 0 Å². The number of rotatable bonds is 9. The molecule has 0 fully saturated rings. The van der Waals surface area contributed by atoms with Crippen LogP contribution in [0.3, 0.4) is 0 Å². The van der Waals surface area contributed by atoms with Crippen LogP contribution in [0, 0.1) is 0 Å². The Morgan fingerprint density at radius 3 is 0.929 bits per heavy atom. The molecule has 16 heteroatoms. The third-order valence-corrected chi connectivity index (χ3v) is 2.62. The second kappa shape index (κ2) is 10.3. The highest BCUT2D eigenvalue weighted by molar-refractivity contribution is 5.76. The van der Waals surface area contributed by atoms with Crippen LogP contribution in [0.15, 0.2) is 0 Å². The number of carbonyl (C=O) groups is 3. The number of halogens is 9. The van der Waals surface area contributed by atoms with Gasteiger partial charge in [-0.2, -0.15) is 39.5 Å². The van der Waals surface area contributed by atoms with Gasteiger partial charge >= 0.3 is 36.4 Å². The van der Waals surface area contributed by atoms with Gasteiger partial charge in [-0.25, -0.2) is 14.4 Å². The molecule has 0 aliphatic heterocycles. The Morgan fingerprint density at radius 2 is 0.750 bits per heavy atom. The number of ether oxygens (including phenoxy) is 3. The molecule has 0 aromatic heterocycles. The van der Waals surface area contributed by atoms with Gasteiger partial charge in [-0.15, -0.1) is 0 Å². The summed E-state index contributed by atoms with van der Waals surface area (Å²) >= 11 is 0. The topological polar surface area (TPSA) is 82.1 Å². The minimum absolute atomic E-state index is 0.602. The molecule has 28 heavy (non-hydrogen) atoms. The van der Waals surface area contributed by atoms with Crippen LogP contribution < -0.4 is 0 Å². The maximum absolute atomic E-state index is 12.0. The molecular weight excluding hydrogens is 425 g/mol. The van der Waals surface area contributed by atoms with E-state index in [-0.39, 0.29) is 0 Å². The fourth-order valence-electron chi connectivity index (χ4n) is 1.38. The van der Waals surface area contributed by atoms with Crippen LogP contribution in [-0.2, 0) is 28.6 Å². The van der Waals surface area contributed by atoms with Gasteiger partial charge in [0.05, 0.1) is 0 Å². The molecule has 0 saturated heterocycles. The average molecular weight is 437 g/mol. The highest BCUT2D eigenvalue weighted by atomic mass is 19.4. The fourth-order valence-corrected chi connectivity index (χ4v) is 1.38. The molecule has 0 atom stereocenters. The van der Waals surface area contributed by atoms with E-state index in [9.17, 15) is 53.9 Å². The predicted molar refractivity (Wildman–Crippen MR) is 67.5 cm³/mol. The summed E-state index contributed by atoms with van der Waals surface area (Å²) in [7, 11) is 0. The standard InChI is InChI=1S/C12H12F9NO6/c13-10(14,15)7(23)26-4-1-22(2-5-27-8(24)11(16,17)18)3-6-28-9(25)12(19,20)21/h1-6H2. The molecule has 0 aliphatic rings. The van der Waals surface area contributed by atoms with Crippen molar-refractivity contribution in [2.24, 2.45) is 0 Å². The summed E-state index contributed by atoms with van der Waals surface area (Å²) in [5.41, 5.74) is 0. The largest absolute Gasteiger partial charge is 0.490 e. The van der Waals surface area contributed by atoms with Crippen molar-refractivity contribution in [1.29, 1.82) is 0 Å². The molecule has 7 nitrogen and oxygen atoms in total. The first-order valence-corrected chi connectivity index (χ1v) is 6.99. The van der Waals surface area contributed by atoms with Crippen LogP contribution in [-0.4, -0.2) is 80.8 Å². The predicted octanol–water partition coefficient (Wildman–Crippen LogP) is 1.60. The summed E-state index contributed by atoms with van der Waals surface area (Å²) in [6.07, 6.45) is -15.9. The van der Waals surface area contributed by atoms with Crippen LogP contribution in [0.25, 0.3) is 0 Å². The lowest BCUT2D eigenvalue weighted by atomic mass is 10.4. The van der Waals surface area contributed by atoms with Gasteiger partial charge in [-0.05, 0) is 0 Å². The lowest BCUT2D eigenvalue weighted by Crippen LogP contribution is -2.38. The van der Waals surface area contributed by atoms with Gasteiger partial charge in [0.1, 0.15) is 19.8 Å². The number of carbonyl (C=O) groups excluding carboxylic acids is 3. The Hall–Kier alpha value is -2.26. The Kier molecular flexibility index (Phi) is 9.50. The number of hydrogen-bond acceptors (Lipinski definition) is 7. The third-order valence-electron chi connectivity index (χ3n) is 2.62. The minimum atomic E-state index is -5.31. The van der Waals surface area contributed by atoms with E-state index in [1.807, 2.05) is 0 Å². The summed E-state index contributed by atoms with van der Waals surface area (Å²) in [4.78, 5) is 32.4. The Labute approximate surface area is 150 Å². The number of alkyl halides is 9. The molecule has 0 spiro atoms. The summed E-state index contributed by atoms with van der Waals surface area (Å²) in [6.45, 7) is -4.64. The van der Waals surface area contributed by atoms with Crippen molar-refractivity contribution < 1.29 is 68.1 Å². The summed E-state index contributed by atoms with van der Waals surface area (Å²) < 4.78 is 119. The lowest BCUT2D eigenvalue weighted by Gasteiger charge is -2.22. The second-order valence-electron chi connectivity index (χ2n) is 4.74. The van der Waals surface area contributed by atoms with Gasteiger partial charge in [0.25, 0.3) is 0 Å². The van der Waals surface area contributed by atoms with E-state index in [4.69, 9.17) is 0 Å². The van der Waals surface area contributed by atoms with Crippen molar-refractivity contribution >= 4 is 17.9 Å². The number of hydrogen-bond donors (Lipinski definition) is 0. The maximum atomic E-state index is 12.0. The SMILES string of the molecule is O=C(OCCN(CCOC(=O)C(F)(F)F)CCOC(=O)C(F)(F)F)C(F)(F)F. The van der Waals surface area contributed by atoms with Crippen molar-refractivity contribution in [1.82, 2.24) is 4.90 Å². The van der Waals surface area contributed by atoms with E-state index >= 15 is 0 Å².